The molecule has 3 aromatic carbocycles. The number of hydrogen-bond acceptors (Lipinski definition) is 7. The van der Waals surface area contributed by atoms with Gasteiger partial charge in [-0.1, -0.05) is 30.3 Å². The Hall–Kier alpha value is -4.44. The van der Waals surface area contributed by atoms with Crippen LogP contribution in [0.15, 0.2) is 83.8 Å². The number of nitrogens with zero attached hydrogens (tertiary/aromatic N) is 2. The summed E-state index contributed by atoms with van der Waals surface area (Å²) in [6.45, 7) is 1.90. The van der Waals surface area contributed by atoms with Crippen LogP contribution in [0, 0.1) is 6.92 Å². The van der Waals surface area contributed by atoms with Gasteiger partial charge in [0.2, 0.25) is 11.8 Å². The van der Waals surface area contributed by atoms with Gasteiger partial charge < -0.3 is 15.6 Å². The molecule has 0 radical (unpaired) electrons. The number of ether oxygens (including phenoxy) is 1. The highest BCUT2D eigenvalue weighted by Crippen LogP contribution is 2.29. The fraction of sp³-hybridized carbons (Fsp3) is 0.0417. The maximum absolute atomic E-state index is 12.9. The monoisotopic (exact) mass is 476 g/mol. The lowest BCUT2D eigenvalue weighted by Crippen LogP contribution is -2.15. The predicted molar refractivity (Wildman–Crippen MR) is 127 cm³/mol. The number of nitrogen functional groups attached to an aromatic ring is 1. The normalized spacial score (nSPS) is 11.1. The van der Waals surface area contributed by atoms with E-state index in [1.54, 1.807) is 12.1 Å². The van der Waals surface area contributed by atoms with E-state index in [0.29, 0.717) is 17.1 Å². The second-order valence-electron chi connectivity index (χ2n) is 7.34. The minimum atomic E-state index is -4.03. The number of hydrogen-bond donors (Lipinski definition) is 3. The summed E-state index contributed by atoms with van der Waals surface area (Å²) in [6.07, 6.45) is 0. The molecule has 9 nitrogen and oxygen atoms in total. The maximum Gasteiger partial charge on any atom is 0.335 e. The first-order chi connectivity index (χ1) is 16.2. The van der Waals surface area contributed by atoms with Crippen molar-refractivity contribution in [2.75, 3.05) is 10.5 Å². The van der Waals surface area contributed by atoms with E-state index in [4.69, 9.17) is 15.6 Å². The number of carboxylic acids is 1. The number of nitrogens with two attached hydrogens (primary N) is 1. The molecule has 0 saturated carbocycles. The number of aromatic nitrogens is 2. The zero-order valence-corrected chi connectivity index (χ0v) is 18.8. The van der Waals surface area contributed by atoms with Crippen LogP contribution >= 0.6 is 0 Å². The Bertz CT molecular complexity index is 1470. The number of carboxylic acid groups (broad SMARTS) is 1. The van der Waals surface area contributed by atoms with Crippen molar-refractivity contribution in [3.63, 3.8) is 0 Å². The molecule has 0 aliphatic rings. The van der Waals surface area contributed by atoms with E-state index in [1.807, 2.05) is 31.2 Å². The van der Waals surface area contributed by atoms with Gasteiger partial charge in [0, 0.05) is 17.3 Å². The summed E-state index contributed by atoms with van der Waals surface area (Å²) in [4.78, 5) is 19.6. The molecule has 4 rings (SSSR count). The lowest BCUT2D eigenvalue weighted by Gasteiger charge is -2.12. The lowest BCUT2D eigenvalue weighted by molar-refractivity contribution is 0.0697. The van der Waals surface area contributed by atoms with Gasteiger partial charge in [0.1, 0.15) is 5.75 Å². The Morgan fingerprint density at radius 1 is 0.971 bits per heavy atom. The van der Waals surface area contributed by atoms with Crippen molar-refractivity contribution in [3.8, 4) is 22.9 Å². The summed E-state index contributed by atoms with van der Waals surface area (Å²) in [5.74, 6) is -0.861. The minimum Gasteiger partial charge on any atom is -0.478 e. The highest BCUT2D eigenvalue weighted by atomic mass is 32.2. The van der Waals surface area contributed by atoms with E-state index in [0.717, 1.165) is 11.1 Å². The molecule has 0 aliphatic heterocycles. The molecular weight excluding hydrogens is 456 g/mol. The molecule has 0 bridgehead atoms. The molecule has 1 heterocycles. The van der Waals surface area contributed by atoms with E-state index in [2.05, 4.69) is 14.7 Å². The molecule has 1 aromatic heterocycles. The van der Waals surface area contributed by atoms with Gasteiger partial charge in [0.15, 0.2) is 0 Å². The molecule has 0 unspecified atom stereocenters. The van der Waals surface area contributed by atoms with Gasteiger partial charge in [0.25, 0.3) is 10.0 Å². The summed E-state index contributed by atoms with van der Waals surface area (Å²) in [6, 6.07) is 20.6. The Kier molecular flexibility index (Phi) is 6.15. The van der Waals surface area contributed by atoms with Gasteiger partial charge in [0.05, 0.1) is 16.2 Å². The SMILES string of the molecule is Cc1ccccc1-c1cc(Oc2ccc(C(=O)O)cc2)nc(NS(=O)(=O)c2cccc(N)c2)n1. The summed E-state index contributed by atoms with van der Waals surface area (Å²) in [5.41, 5.74) is 8.25. The quantitative estimate of drug-likeness (QED) is 0.334. The third-order valence-electron chi connectivity index (χ3n) is 4.84. The van der Waals surface area contributed by atoms with Crippen molar-refractivity contribution < 1.29 is 23.1 Å². The third-order valence-corrected chi connectivity index (χ3v) is 6.17. The van der Waals surface area contributed by atoms with E-state index in [9.17, 15) is 13.2 Å². The van der Waals surface area contributed by atoms with E-state index in [-0.39, 0.29) is 22.3 Å². The molecule has 0 saturated heterocycles. The topological polar surface area (TPSA) is 144 Å². The number of carbonyl (C=O) groups is 1. The molecule has 10 heteroatoms. The van der Waals surface area contributed by atoms with Gasteiger partial charge in [-0.2, -0.15) is 4.98 Å². The van der Waals surface area contributed by atoms with E-state index >= 15 is 0 Å². The third kappa shape index (κ3) is 5.13. The van der Waals surface area contributed by atoms with E-state index < -0.39 is 16.0 Å². The molecule has 0 atom stereocenters. The average molecular weight is 477 g/mol. The first-order valence-corrected chi connectivity index (χ1v) is 11.5. The van der Waals surface area contributed by atoms with Gasteiger partial charge >= 0.3 is 5.97 Å². The molecule has 4 aromatic rings. The fourth-order valence-electron chi connectivity index (χ4n) is 3.17. The number of aryl methyl sites for hydroxylation is 1. The number of sulfonamides is 1. The molecule has 0 spiro atoms. The smallest absolute Gasteiger partial charge is 0.335 e. The van der Waals surface area contributed by atoms with Gasteiger partial charge in [-0.15, -0.1) is 0 Å². The molecule has 0 fully saturated rings. The maximum atomic E-state index is 12.9. The Morgan fingerprint density at radius 3 is 2.38 bits per heavy atom. The number of aromatic carboxylic acids is 1. The number of rotatable bonds is 7. The van der Waals surface area contributed by atoms with Crippen molar-refractivity contribution in [3.05, 3.63) is 90.0 Å². The van der Waals surface area contributed by atoms with Crippen LogP contribution in [0.1, 0.15) is 15.9 Å². The van der Waals surface area contributed by atoms with Crippen molar-refractivity contribution >= 4 is 27.6 Å². The molecule has 4 N–H and O–H groups in total. The second kappa shape index (κ2) is 9.20. The summed E-state index contributed by atoms with van der Waals surface area (Å²) < 4.78 is 34.0. The van der Waals surface area contributed by atoms with Crippen molar-refractivity contribution in [1.29, 1.82) is 0 Å². The number of anilines is 2. The summed E-state index contributed by atoms with van der Waals surface area (Å²) in [7, 11) is -4.03. The van der Waals surface area contributed by atoms with Crippen LogP contribution in [-0.4, -0.2) is 29.5 Å². The number of benzene rings is 3. The van der Waals surface area contributed by atoms with Gasteiger partial charge in [-0.3, -0.25) is 0 Å². The molecule has 0 amide bonds. The van der Waals surface area contributed by atoms with Crippen molar-refractivity contribution in [2.24, 2.45) is 0 Å². The standard InChI is InChI=1S/C24H20N4O5S/c1-15-5-2-3-8-20(15)21-14-22(33-18-11-9-16(10-12-18)23(29)30)27-24(26-21)28-34(31,32)19-7-4-6-17(25)13-19/h2-14H,25H2,1H3,(H,29,30)(H,26,27,28). The van der Waals surface area contributed by atoms with Gasteiger partial charge in [-0.25, -0.2) is 22.9 Å². The second-order valence-corrected chi connectivity index (χ2v) is 9.02. The summed E-state index contributed by atoms with van der Waals surface area (Å²) in [5, 5.41) is 9.08. The first-order valence-electron chi connectivity index (χ1n) is 10.1. The molecule has 34 heavy (non-hydrogen) atoms. The molecule has 172 valence electrons. The fourth-order valence-corrected chi connectivity index (χ4v) is 4.17. The Morgan fingerprint density at radius 2 is 1.71 bits per heavy atom. The van der Waals surface area contributed by atoms with Crippen LogP contribution in [0.5, 0.6) is 11.6 Å². The van der Waals surface area contributed by atoms with Crippen LogP contribution in [0.25, 0.3) is 11.3 Å². The molecule has 0 aliphatic carbocycles. The van der Waals surface area contributed by atoms with Crippen LogP contribution in [-0.2, 0) is 10.0 Å². The predicted octanol–water partition coefficient (Wildman–Crippen LogP) is 4.33. The van der Waals surface area contributed by atoms with Crippen LogP contribution in [0.4, 0.5) is 11.6 Å². The van der Waals surface area contributed by atoms with Crippen molar-refractivity contribution in [1.82, 2.24) is 9.97 Å². The minimum absolute atomic E-state index is 0.0378. The largest absolute Gasteiger partial charge is 0.478 e. The highest BCUT2D eigenvalue weighted by molar-refractivity contribution is 7.92. The van der Waals surface area contributed by atoms with Crippen LogP contribution in [0.2, 0.25) is 0 Å². The first kappa shape index (κ1) is 22.7. The van der Waals surface area contributed by atoms with E-state index in [1.165, 1.54) is 42.5 Å². The summed E-state index contributed by atoms with van der Waals surface area (Å²) >= 11 is 0. The average Bonchev–Trinajstić information content (AvgIpc) is 2.79. The van der Waals surface area contributed by atoms with Crippen molar-refractivity contribution in [2.45, 2.75) is 11.8 Å². The van der Waals surface area contributed by atoms with Crippen LogP contribution < -0.4 is 15.2 Å². The molecular formula is C24H20N4O5S. The van der Waals surface area contributed by atoms with Gasteiger partial charge in [-0.05, 0) is 55.0 Å². The highest BCUT2D eigenvalue weighted by Gasteiger charge is 2.18. The Balaban J connectivity index is 1.74. The number of nitrogens with one attached hydrogen (secondary N) is 1. The lowest BCUT2D eigenvalue weighted by atomic mass is 10.1. The zero-order chi connectivity index (χ0) is 24.3. The zero-order valence-electron chi connectivity index (χ0n) is 18.0. The van der Waals surface area contributed by atoms with Crippen LogP contribution in [0.3, 0.4) is 0 Å². The Labute approximate surface area is 195 Å².